The smallest absolute Gasteiger partial charge is 0.158 e. The van der Waals surface area contributed by atoms with Crippen molar-refractivity contribution in [2.75, 3.05) is 0 Å². The molecule has 1 N–H and O–H groups in total. The van der Waals surface area contributed by atoms with Crippen LogP contribution in [0.2, 0.25) is 0 Å². The highest BCUT2D eigenvalue weighted by Gasteiger charge is 2.38. The molecule has 1 saturated carbocycles. The topological polar surface area (TPSA) is 84.3 Å². The van der Waals surface area contributed by atoms with E-state index in [0.717, 1.165) is 5.69 Å². The third-order valence-corrected chi connectivity index (χ3v) is 6.31. The quantitative estimate of drug-likeness (QED) is 0.834. The van der Waals surface area contributed by atoms with E-state index in [0.29, 0.717) is 37.7 Å². The molecule has 5 nitrogen and oxygen atoms in total. The fourth-order valence-corrected chi connectivity index (χ4v) is 4.61. The van der Waals surface area contributed by atoms with Gasteiger partial charge in [-0.05, 0) is 44.7 Å². The Morgan fingerprint density at radius 2 is 2.05 bits per heavy atom. The van der Waals surface area contributed by atoms with E-state index in [-0.39, 0.29) is 12.2 Å². The molecule has 0 bridgehead atoms. The molecule has 0 aromatic carbocycles. The van der Waals surface area contributed by atoms with Crippen LogP contribution in [-0.2, 0) is 20.4 Å². The van der Waals surface area contributed by atoms with Crippen LogP contribution in [0.4, 0.5) is 0 Å². The predicted molar refractivity (Wildman–Crippen MR) is 79.5 cm³/mol. The van der Waals surface area contributed by atoms with Gasteiger partial charge in [-0.1, -0.05) is 6.07 Å². The molecule has 0 spiro atoms. The van der Waals surface area contributed by atoms with Crippen molar-refractivity contribution in [3.8, 4) is 0 Å². The molecule has 0 radical (unpaired) electrons. The summed E-state index contributed by atoms with van der Waals surface area (Å²) < 4.78 is 24.9. The van der Waals surface area contributed by atoms with Crippen LogP contribution in [0.15, 0.2) is 18.2 Å². The van der Waals surface area contributed by atoms with E-state index in [2.05, 4.69) is 4.98 Å². The molecule has 0 saturated heterocycles. The van der Waals surface area contributed by atoms with E-state index in [1.165, 1.54) is 0 Å². The summed E-state index contributed by atoms with van der Waals surface area (Å²) in [4.78, 5) is 14.8. The van der Waals surface area contributed by atoms with Gasteiger partial charge >= 0.3 is 0 Å². The van der Waals surface area contributed by atoms with Gasteiger partial charge in [0, 0.05) is 12.1 Å². The second-order valence-corrected chi connectivity index (χ2v) is 8.15. The SMILES string of the molecule is Cc1cccc(CS(=O)(=O)[C@H]2CC[C@@](O)(CC=O)CC2)n1. The van der Waals surface area contributed by atoms with Crippen LogP contribution in [0.25, 0.3) is 0 Å². The Hall–Kier alpha value is -1.27. The van der Waals surface area contributed by atoms with Crippen molar-refractivity contribution in [2.45, 2.75) is 55.6 Å². The van der Waals surface area contributed by atoms with Crippen LogP contribution in [0.3, 0.4) is 0 Å². The van der Waals surface area contributed by atoms with Gasteiger partial charge in [-0.3, -0.25) is 4.98 Å². The van der Waals surface area contributed by atoms with Crippen molar-refractivity contribution in [3.05, 3.63) is 29.6 Å². The molecule has 0 amide bonds. The Kier molecular flexibility index (Phi) is 4.78. The van der Waals surface area contributed by atoms with E-state index >= 15 is 0 Å². The second kappa shape index (κ2) is 6.23. The zero-order chi connectivity index (χ0) is 15.5. The largest absolute Gasteiger partial charge is 0.389 e. The summed E-state index contributed by atoms with van der Waals surface area (Å²) in [5, 5.41) is 9.69. The molecule has 1 heterocycles. The van der Waals surface area contributed by atoms with Gasteiger partial charge in [-0.15, -0.1) is 0 Å². The van der Waals surface area contributed by atoms with Gasteiger partial charge in [0.2, 0.25) is 0 Å². The summed E-state index contributed by atoms with van der Waals surface area (Å²) >= 11 is 0. The zero-order valence-electron chi connectivity index (χ0n) is 12.2. The third-order valence-electron chi connectivity index (χ3n) is 4.13. The molecule has 6 heteroatoms. The summed E-state index contributed by atoms with van der Waals surface area (Å²) in [6.07, 6.45) is 2.30. The molecule has 116 valence electrons. The molecule has 1 aliphatic carbocycles. The monoisotopic (exact) mass is 311 g/mol. The minimum atomic E-state index is -3.28. The lowest BCUT2D eigenvalue weighted by atomic mass is 9.83. The van der Waals surface area contributed by atoms with Gasteiger partial charge in [0.15, 0.2) is 9.84 Å². The molecule has 1 aromatic heterocycles. The molecule has 1 aromatic rings. The summed E-state index contributed by atoms with van der Waals surface area (Å²) in [7, 11) is -3.28. The first-order valence-electron chi connectivity index (χ1n) is 7.15. The van der Waals surface area contributed by atoms with Gasteiger partial charge < -0.3 is 9.90 Å². The number of aldehydes is 1. The van der Waals surface area contributed by atoms with Gasteiger partial charge in [0.1, 0.15) is 6.29 Å². The van der Waals surface area contributed by atoms with Crippen LogP contribution in [0.5, 0.6) is 0 Å². The molecule has 2 rings (SSSR count). The number of aliphatic hydroxyl groups is 1. The van der Waals surface area contributed by atoms with Crippen molar-refractivity contribution in [1.29, 1.82) is 0 Å². The number of rotatable bonds is 5. The lowest BCUT2D eigenvalue weighted by Gasteiger charge is -2.34. The van der Waals surface area contributed by atoms with Crippen LogP contribution in [0.1, 0.15) is 43.5 Å². The van der Waals surface area contributed by atoms with Crippen LogP contribution >= 0.6 is 0 Å². The number of pyridine rings is 1. The van der Waals surface area contributed by atoms with E-state index in [9.17, 15) is 18.3 Å². The van der Waals surface area contributed by atoms with Gasteiger partial charge in [0.25, 0.3) is 0 Å². The van der Waals surface area contributed by atoms with E-state index in [1.54, 1.807) is 12.1 Å². The minimum absolute atomic E-state index is 0.0640. The first-order chi connectivity index (χ1) is 9.85. The maximum absolute atomic E-state index is 12.4. The molecular weight excluding hydrogens is 290 g/mol. The van der Waals surface area contributed by atoms with Crippen molar-refractivity contribution in [2.24, 2.45) is 0 Å². The number of hydrogen-bond acceptors (Lipinski definition) is 5. The Balaban J connectivity index is 2.03. The number of carbonyl (C=O) groups is 1. The Bertz CT molecular complexity index is 604. The number of sulfone groups is 1. The molecule has 0 atom stereocenters. The predicted octanol–water partition coefficient (Wildman–Crippen LogP) is 1.57. The van der Waals surface area contributed by atoms with Crippen LogP contribution in [-0.4, -0.2) is 35.6 Å². The van der Waals surface area contributed by atoms with Gasteiger partial charge in [-0.2, -0.15) is 0 Å². The Labute approximate surface area is 125 Å². The fourth-order valence-electron chi connectivity index (χ4n) is 2.85. The van der Waals surface area contributed by atoms with E-state index in [1.807, 2.05) is 13.0 Å². The third kappa shape index (κ3) is 4.11. The summed E-state index contributed by atoms with van der Waals surface area (Å²) in [5.74, 6) is -0.0640. The summed E-state index contributed by atoms with van der Waals surface area (Å²) in [6.45, 7) is 1.83. The minimum Gasteiger partial charge on any atom is -0.389 e. The highest BCUT2D eigenvalue weighted by Crippen LogP contribution is 2.34. The molecule has 21 heavy (non-hydrogen) atoms. The molecule has 0 unspecified atom stereocenters. The van der Waals surface area contributed by atoms with Gasteiger partial charge in [-0.25, -0.2) is 8.42 Å². The number of aryl methyl sites for hydroxylation is 1. The number of hydrogen-bond donors (Lipinski definition) is 1. The zero-order valence-corrected chi connectivity index (χ0v) is 13.0. The van der Waals surface area contributed by atoms with Crippen LogP contribution in [0, 0.1) is 6.92 Å². The number of aromatic nitrogens is 1. The average molecular weight is 311 g/mol. The molecule has 1 aliphatic rings. The fraction of sp³-hybridized carbons (Fsp3) is 0.600. The normalized spacial score (nSPS) is 26.5. The van der Waals surface area contributed by atoms with E-state index in [4.69, 9.17) is 0 Å². The van der Waals surface area contributed by atoms with Crippen molar-refractivity contribution < 1.29 is 18.3 Å². The highest BCUT2D eigenvalue weighted by molar-refractivity contribution is 7.91. The van der Waals surface area contributed by atoms with Crippen molar-refractivity contribution in [1.82, 2.24) is 4.98 Å². The average Bonchev–Trinajstić information content (AvgIpc) is 2.38. The lowest BCUT2D eigenvalue weighted by molar-refractivity contribution is -0.113. The van der Waals surface area contributed by atoms with Gasteiger partial charge in [0.05, 0.1) is 22.3 Å². The standard InChI is InChI=1S/C15H21NO4S/c1-12-3-2-4-13(16-12)11-21(19,20)14-5-7-15(18,8-6-14)9-10-17/h2-4,10,14,18H,5-9,11H2,1H3/t14-,15-. The number of nitrogens with zero attached hydrogens (tertiary/aromatic N) is 1. The Morgan fingerprint density at radius 3 is 2.62 bits per heavy atom. The molecule has 0 aliphatic heterocycles. The van der Waals surface area contributed by atoms with E-state index < -0.39 is 20.7 Å². The first-order valence-corrected chi connectivity index (χ1v) is 8.86. The Morgan fingerprint density at radius 1 is 1.38 bits per heavy atom. The lowest BCUT2D eigenvalue weighted by Crippen LogP contribution is -2.39. The van der Waals surface area contributed by atoms with Crippen LogP contribution < -0.4 is 0 Å². The van der Waals surface area contributed by atoms with Crippen molar-refractivity contribution >= 4 is 16.1 Å². The first kappa shape index (κ1) is 16.1. The number of carbonyl (C=O) groups excluding carboxylic acids is 1. The summed E-state index contributed by atoms with van der Waals surface area (Å²) in [6, 6.07) is 5.35. The highest BCUT2D eigenvalue weighted by atomic mass is 32.2. The molecule has 1 fully saturated rings. The maximum atomic E-state index is 12.4. The summed E-state index contributed by atoms with van der Waals surface area (Å²) in [5.41, 5.74) is 0.338. The molecular formula is C15H21NO4S. The second-order valence-electron chi connectivity index (χ2n) is 5.87. The van der Waals surface area contributed by atoms with Crippen molar-refractivity contribution in [3.63, 3.8) is 0 Å². The maximum Gasteiger partial charge on any atom is 0.158 e.